The molecule has 5 nitrogen and oxygen atoms in total. The first-order valence-electron chi connectivity index (χ1n) is 8.71. The van der Waals surface area contributed by atoms with Gasteiger partial charge in [-0.3, -0.25) is 9.59 Å². The minimum Gasteiger partial charge on any atom is -0.346 e. The van der Waals surface area contributed by atoms with E-state index >= 15 is 0 Å². The number of aryl methyl sites for hydroxylation is 1. The van der Waals surface area contributed by atoms with Gasteiger partial charge in [0.25, 0.3) is 0 Å². The first-order valence-corrected chi connectivity index (χ1v) is 8.71. The van der Waals surface area contributed by atoms with E-state index in [9.17, 15) is 9.59 Å². The van der Waals surface area contributed by atoms with Gasteiger partial charge in [-0.25, -0.2) is 0 Å². The lowest BCUT2D eigenvalue weighted by Gasteiger charge is -2.27. The number of carbonyl (C=O) groups excluding carboxylic acids is 2. The average molecular weight is 368 g/mol. The Morgan fingerprint density at radius 2 is 2.00 bits per heavy atom. The fourth-order valence-corrected chi connectivity index (χ4v) is 3.21. The van der Waals surface area contributed by atoms with Crippen molar-refractivity contribution in [2.24, 2.45) is 11.7 Å². The van der Waals surface area contributed by atoms with Gasteiger partial charge in [-0.2, -0.15) is 0 Å². The van der Waals surface area contributed by atoms with Crippen molar-refractivity contribution in [1.82, 2.24) is 10.2 Å². The van der Waals surface area contributed by atoms with E-state index in [1.807, 2.05) is 24.8 Å². The van der Waals surface area contributed by atoms with Gasteiger partial charge in [0.2, 0.25) is 11.8 Å². The maximum atomic E-state index is 12.6. The molecule has 3 N–H and O–H groups in total. The molecule has 1 aromatic carbocycles. The third-order valence-electron chi connectivity index (χ3n) is 5.01. The van der Waals surface area contributed by atoms with Gasteiger partial charge in [0.05, 0.1) is 18.6 Å². The molecule has 1 unspecified atom stereocenters. The lowest BCUT2D eigenvalue weighted by Crippen LogP contribution is -2.47. The number of nitrogens with zero attached hydrogens (tertiary/aromatic N) is 1. The molecular formula is C19H30ClN3O2. The van der Waals surface area contributed by atoms with Gasteiger partial charge in [-0.05, 0) is 49.3 Å². The summed E-state index contributed by atoms with van der Waals surface area (Å²) in [5.74, 6) is -0.252. The Morgan fingerprint density at radius 3 is 2.64 bits per heavy atom. The molecule has 0 aromatic heterocycles. The Bertz CT molecular complexity index is 619. The Labute approximate surface area is 156 Å². The van der Waals surface area contributed by atoms with Crippen LogP contribution in [0.5, 0.6) is 0 Å². The van der Waals surface area contributed by atoms with Crippen LogP contribution in [0, 0.1) is 19.8 Å². The maximum Gasteiger partial charge on any atom is 0.242 e. The zero-order chi connectivity index (χ0) is 17.9. The van der Waals surface area contributed by atoms with Gasteiger partial charge in [0.1, 0.15) is 0 Å². The van der Waals surface area contributed by atoms with E-state index in [0.29, 0.717) is 0 Å². The summed E-state index contributed by atoms with van der Waals surface area (Å²) in [7, 11) is 0. The Kier molecular flexibility index (Phi) is 7.90. The lowest BCUT2D eigenvalue weighted by atomic mass is 9.96. The standard InChI is InChI=1S/C19H29N3O2.ClH/c1-12(2)18(20)19(24)21-11-17(23)22-10-6-9-16(22)15-8-5-7-13(3)14(15)4;/h5,7-8,12,16,18H,6,9-11,20H2,1-4H3,(H,21,24);1H/t16?,18-;/m0./s1. The maximum absolute atomic E-state index is 12.6. The van der Waals surface area contributed by atoms with Crippen molar-refractivity contribution in [2.75, 3.05) is 13.1 Å². The summed E-state index contributed by atoms with van der Waals surface area (Å²) in [6.45, 7) is 8.73. The number of halogens is 1. The van der Waals surface area contributed by atoms with E-state index in [0.717, 1.165) is 19.4 Å². The minimum atomic E-state index is -0.578. The summed E-state index contributed by atoms with van der Waals surface area (Å²) >= 11 is 0. The monoisotopic (exact) mass is 367 g/mol. The number of amides is 2. The van der Waals surface area contributed by atoms with Gasteiger partial charge in [0.15, 0.2) is 0 Å². The van der Waals surface area contributed by atoms with Crippen LogP contribution in [0.2, 0.25) is 0 Å². The first-order chi connectivity index (χ1) is 11.3. The Balaban J connectivity index is 0.00000312. The predicted molar refractivity (Wildman–Crippen MR) is 103 cm³/mol. The third kappa shape index (κ3) is 4.95. The van der Waals surface area contributed by atoms with Crippen molar-refractivity contribution in [1.29, 1.82) is 0 Å². The smallest absolute Gasteiger partial charge is 0.242 e. The molecule has 0 radical (unpaired) electrons. The highest BCUT2D eigenvalue weighted by Crippen LogP contribution is 2.34. The van der Waals surface area contributed by atoms with E-state index in [-0.39, 0.29) is 42.7 Å². The highest BCUT2D eigenvalue weighted by molar-refractivity contribution is 5.87. The largest absolute Gasteiger partial charge is 0.346 e. The summed E-state index contributed by atoms with van der Waals surface area (Å²) in [4.78, 5) is 26.4. The summed E-state index contributed by atoms with van der Waals surface area (Å²) in [6.07, 6.45) is 1.96. The zero-order valence-corrected chi connectivity index (χ0v) is 16.4. The van der Waals surface area contributed by atoms with Gasteiger partial charge in [0, 0.05) is 6.54 Å². The molecule has 0 spiro atoms. The number of rotatable bonds is 5. The molecule has 2 rings (SSSR count). The van der Waals surface area contributed by atoms with Crippen LogP contribution < -0.4 is 11.1 Å². The Hall–Kier alpha value is -1.59. The van der Waals surface area contributed by atoms with Crippen LogP contribution >= 0.6 is 12.4 Å². The van der Waals surface area contributed by atoms with Crippen molar-refractivity contribution in [2.45, 2.75) is 52.6 Å². The molecule has 1 aromatic rings. The second kappa shape index (κ2) is 9.20. The van der Waals surface area contributed by atoms with E-state index < -0.39 is 6.04 Å². The summed E-state index contributed by atoms with van der Waals surface area (Å²) in [5, 5.41) is 2.68. The molecule has 1 saturated heterocycles. The van der Waals surface area contributed by atoms with Gasteiger partial charge >= 0.3 is 0 Å². The molecule has 1 aliphatic heterocycles. The third-order valence-corrected chi connectivity index (χ3v) is 5.01. The van der Waals surface area contributed by atoms with E-state index in [2.05, 4.69) is 31.3 Å². The lowest BCUT2D eigenvalue weighted by molar-refractivity contribution is -0.134. The minimum absolute atomic E-state index is 0. The molecule has 25 heavy (non-hydrogen) atoms. The fourth-order valence-electron chi connectivity index (χ4n) is 3.21. The molecule has 2 amide bonds. The predicted octanol–water partition coefficient (Wildman–Crippen LogP) is 2.49. The van der Waals surface area contributed by atoms with Gasteiger partial charge < -0.3 is 16.0 Å². The van der Waals surface area contributed by atoms with Gasteiger partial charge in [-0.15, -0.1) is 12.4 Å². The number of hydrogen-bond donors (Lipinski definition) is 2. The average Bonchev–Trinajstić information content (AvgIpc) is 3.03. The number of nitrogens with one attached hydrogen (secondary N) is 1. The van der Waals surface area contributed by atoms with Crippen LogP contribution in [0.4, 0.5) is 0 Å². The van der Waals surface area contributed by atoms with E-state index in [4.69, 9.17) is 5.73 Å². The quantitative estimate of drug-likeness (QED) is 0.839. The van der Waals surface area contributed by atoms with Crippen LogP contribution in [-0.4, -0.2) is 35.8 Å². The molecule has 0 aliphatic carbocycles. The van der Waals surface area contributed by atoms with Crippen molar-refractivity contribution in [3.63, 3.8) is 0 Å². The summed E-state index contributed by atoms with van der Waals surface area (Å²) in [6, 6.07) is 5.76. The normalized spacial score (nSPS) is 18.0. The SMILES string of the molecule is Cc1cccc(C2CCCN2C(=O)CNC(=O)[C@@H](N)C(C)C)c1C.Cl. The highest BCUT2D eigenvalue weighted by Gasteiger charge is 2.31. The highest BCUT2D eigenvalue weighted by atomic mass is 35.5. The van der Waals surface area contributed by atoms with Crippen molar-refractivity contribution >= 4 is 24.2 Å². The molecule has 6 heteroatoms. The fraction of sp³-hybridized carbons (Fsp3) is 0.579. The Morgan fingerprint density at radius 1 is 1.32 bits per heavy atom. The topological polar surface area (TPSA) is 75.4 Å². The number of carbonyl (C=O) groups is 2. The number of likely N-dealkylation sites (tertiary alicyclic amines) is 1. The molecule has 0 saturated carbocycles. The number of nitrogens with two attached hydrogens (primary N) is 1. The molecule has 1 fully saturated rings. The first kappa shape index (κ1) is 21.5. The molecule has 140 valence electrons. The zero-order valence-electron chi connectivity index (χ0n) is 15.5. The van der Waals surface area contributed by atoms with Crippen LogP contribution in [0.1, 0.15) is 49.4 Å². The van der Waals surface area contributed by atoms with Crippen LogP contribution in [0.25, 0.3) is 0 Å². The van der Waals surface area contributed by atoms with Gasteiger partial charge in [-0.1, -0.05) is 32.0 Å². The van der Waals surface area contributed by atoms with Crippen molar-refractivity contribution in [3.8, 4) is 0 Å². The van der Waals surface area contributed by atoms with E-state index in [1.165, 1.54) is 16.7 Å². The molecule has 0 bridgehead atoms. The van der Waals surface area contributed by atoms with Crippen molar-refractivity contribution in [3.05, 3.63) is 34.9 Å². The van der Waals surface area contributed by atoms with E-state index in [1.54, 1.807) is 0 Å². The van der Waals surface area contributed by atoms with Crippen LogP contribution in [0.3, 0.4) is 0 Å². The summed E-state index contributed by atoms with van der Waals surface area (Å²) < 4.78 is 0. The molecule has 1 aliphatic rings. The molecule has 1 heterocycles. The molecular weight excluding hydrogens is 338 g/mol. The second-order valence-electron chi connectivity index (χ2n) is 7.02. The van der Waals surface area contributed by atoms with Crippen LogP contribution in [-0.2, 0) is 9.59 Å². The molecule has 2 atom stereocenters. The second-order valence-corrected chi connectivity index (χ2v) is 7.02. The number of benzene rings is 1. The van der Waals surface area contributed by atoms with Crippen LogP contribution in [0.15, 0.2) is 18.2 Å². The summed E-state index contributed by atoms with van der Waals surface area (Å²) in [5.41, 5.74) is 9.51. The number of hydrogen-bond acceptors (Lipinski definition) is 3. The van der Waals surface area contributed by atoms with Crippen molar-refractivity contribution < 1.29 is 9.59 Å².